The molecule has 0 aromatic rings. The highest BCUT2D eigenvalue weighted by Crippen LogP contribution is 2.39. The maximum atomic E-state index is 13.9. The summed E-state index contributed by atoms with van der Waals surface area (Å²) in [5.74, 6) is 1.45. The van der Waals surface area contributed by atoms with E-state index in [1.54, 1.807) is 60.9 Å². The first kappa shape index (κ1) is 76.3. The summed E-state index contributed by atoms with van der Waals surface area (Å²) in [5, 5.41) is 0. The van der Waals surface area contributed by atoms with Crippen molar-refractivity contribution in [3.63, 3.8) is 0 Å². The molecule has 0 saturated heterocycles. The highest BCUT2D eigenvalue weighted by atomic mass is 32.2. The second kappa shape index (κ2) is 58.5. The molecule has 0 rings (SSSR count). The van der Waals surface area contributed by atoms with E-state index < -0.39 is 29.3 Å². The van der Waals surface area contributed by atoms with Crippen molar-refractivity contribution in [2.75, 3.05) is 52.6 Å². The molecule has 0 unspecified atom stereocenters. The molecule has 456 valence electrons. The molecule has 77 heavy (non-hydrogen) atoms. The summed E-state index contributed by atoms with van der Waals surface area (Å²) >= 11 is 6.90. The zero-order valence-corrected chi connectivity index (χ0v) is 54.6. The normalized spacial score (nSPS) is 11.8. The first-order valence-electron chi connectivity index (χ1n) is 32.7. The molecule has 0 spiro atoms. The molecule has 0 radical (unpaired) electrons. The minimum atomic E-state index is -2.41. The van der Waals surface area contributed by atoms with Gasteiger partial charge in [-0.2, -0.15) is 47.0 Å². The van der Waals surface area contributed by atoms with Crippen LogP contribution in [0.5, 0.6) is 0 Å². The molecular formula is C65H124O8S4. The lowest BCUT2D eigenvalue weighted by molar-refractivity contribution is -0.377. The molecule has 0 N–H and O–H groups in total. The third kappa shape index (κ3) is 50.7. The Morgan fingerprint density at radius 2 is 0.468 bits per heavy atom. The van der Waals surface area contributed by atoms with Gasteiger partial charge >= 0.3 is 29.9 Å². The quantitative estimate of drug-likeness (QED) is 0.0329. The Morgan fingerprint density at radius 3 is 0.688 bits per heavy atom. The van der Waals surface area contributed by atoms with Crippen molar-refractivity contribution in [2.24, 2.45) is 5.41 Å². The molecule has 8 nitrogen and oxygen atoms in total. The molecule has 0 aliphatic rings. The average Bonchev–Trinajstić information content (AvgIpc) is 3.41. The van der Waals surface area contributed by atoms with Crippen LogP contribution < -0.4 is 0 Å². The molecule has 0 amide bonds. The van der Waals surface area contributed by atoms with Crippen LogP contribution in [0.2, 0.25) is 0 Å². The van der Waals surface area contributed by atoms with E-state index in [0.717, 1.165) is 48.7 Å². The van der Waals surface area contributed by atoms with Gasteiger partial charge in [0.25, 0.3) is 0 Å². The van der Waals surface area contributed by atoms with Crippen molar-refractivity contribution >= 4 is 70.9 Å². The molecule has 0 saturated carbocycles. The highest BCUT2D eigenvalue weighted by Gasteiger charge is 2.58. The lowest BCUT2D eigenvalue weighted by atomic mass is 9.90. The van der Waals surface area contributed by atoms with Gasteiger partial charge in [-0.25, -0.2) is 0 Å². The lowest BCUT2D eigenvalue weighted by Crippen LogP contribution is -2.57. The van der Waals surface area contributed by atoms with Gasteiger partial charge < -0.3 is 18.9 Å². The van der Waals surface area contributed by atoms with E-state index in [0.29, 0.717) is 23.0 Å². The third-order valence-electron chi connectivity index (χ3n) is 14.5. The number of carbonyl (C=O) groups is 4. The topological polar surface area (TPSA) is 105 Å². The van der Waals surface area contributed by atoms with E-state index in [4.69, 9.17) is 18.9 Å². The minimum absolute atomic E-state index is 0.0643. The lowest BCUT2D eigenvalue weighted by Gasteiger charge is -2.41. The summed E-state index contributed by atoms with van der Waals surface area (Å²) in [5.41, 5.74) is -1.41. The first-order chi connectivity index (χ1) is 37.6. The fraction of sp³-hybridized carbons (Fsp3) is 0.938. The van der Waals surface area contributed by atoms with Gasteiger partial charge in [0.2, 0.25) is 0 Å². The van der Waals surface area contributed by atoms with E-state index in [1.165, 1.54) is 231 Å². The number of rotatable bonds is 62. The Labute approximate surface area is 494 Å². The average molecular weight is 1160 g/mol. The van der Waals surface area contributed by atoms with Crippen molar-refractivity contribution in [3.8, 4) is 0 Å². The largest absolute Gasteiger partial charge is 0.465 e. The summed E-state index contributed by atoms with van der Waals surface area (Å²) < 4.78 is 24.3. The molecular weight excluding hydrogens is 1040 g/mol. The van der Waals surface area contributed by atoms with Gasteiger partial charge in [-0.05, 0) is 62.5 Å². The molecule has 0 fully saturated rings. The third-order valence-corrected chi connectivity index (χ3v) is 18.8. The monoisotopic (exact) mass is 1160 g/mol. The Kier molecular flexibility index (Phi) is 57.9. The standard InChI is InChI=1S/C65H124O8S4/c1-7-11-15-19-23-27-31-35-39-43-51-74-55-47-60(66)70-59-64(5,6)65(71-61(67)48-56-75-52-44-40-36-32-28-24-20-16-12-8-2,72-62(68)49-57-76-53-45-41-37-33-29-25-21-17-13-9-3)73-63(69)50-58-77-54-46-42-38-34-30-26-22-18-14-10-4/h7-59H2,1-6H3. The number of esters is 4. The Morgan fingerprint density at radius 1 is 0.273 bits per heavy atom. The maximum absolute atomic E-state index is 13.9. The maximum Gasteiger partial charge on any atom is 0.432 e. The Bertz CT molecular complexity index is 1210. The van der Waals surface area contributed by atoms with Crippen molar-refractivity contribution in [3.05, 3.63) is 0 Å². The molecule has 0 bridgehead atoms. The zero-order valence-electron chi connectivity index (χ0n) is 51.4. The van der Waals surface area contributed by atoms with Crippen molar-refractivity contribution < 1.29 is 38.1 Å². The molecule has 0 atom stereocenters. The van der Waals surface area contributed by atoms with E-state index in [-0.39, 0.29) is 38.3 Å². The van der Waals surface area contributed by atoms with Crippen LogP contribution in [-0.4, -0.2) is 82.5 Å². The van der Waals surface area contributed by atoms with Gasteiger partial charge in [0.05, 0.1) is 25.7 Å². The van der Waals surface area contributed by atoms with Crippen LogP contribution in [0.4, 0.5) is 0 Å². The van der Waals surface area contributed by atoms with Crippen molar-refractivity contribution in [2.45, 2.75) is 330 Å². The summed E-state index contributed by atoms with van der Waals surface area (Å²) in [4.78, 5) is 54.9. The van der Waals surface area contributed by atoms with Crippen molar-refractivity contribution in [1.29, 1.82) is 0 Å². The number of hydrogen-bond donors (Lipinski definition) is 0. The van der Waals surface area contributed by atoms with Gasteiger partial charge in [-0.15, -0.1) is 0 Å². The van der Waals surface area contributed by atoms with Gasteiger partial charge in [0, 0.05) is 23.0 Å². The van der Waals surface area contributed by atoms with E-state index >= 15 is 0 Å². The van der Waals surface area contributed by atoms with Crippen LogP contribution in [0, 0.1) is 5.41 Å². The molecule has 0 aromatic heterocycles. The van der Waals surface area contributed by atoms with Crippen LogP contribution in [0.3, 0.4) is 0 Å². The summed E-state index contributed by atoms with van der Waals surface area (Å²) in [6, 6.07) is 0. The van der Waals surface area contributed by atoms with Crippen LogP contribution >= 0.6 is 47.0 Å². The molecule has 0 heterocycles. The Hall–Kier alpha value is -0.720. The fourth-order valence-electron chi connectivity index (χ4n) is 9.30. The molecule has 0 aliphatic carbocycles. The van der Waals surface area contributed by atoms with Gasteiger partial charge in [0.1, 0.15) is 12.0 Å². The fourth-order valence-corrected chi connectivity index (χ4v) is 13.0. The van der Waals surface area contributed by atoms with Crippen LogP contribution in [0.1, 0.15) is 324 Å². The number of carbonyl (C=O) groups excluding carboxylic acids is 4. The summed E-state index contributed by atoms with van der Waals surface area (Å²) in [6.45, 7) is 12.1. The van der Waals surface area contributed by atoms with E-state index in [9.17, 15) is 19.2 Å². The SMILES string of the molecule is CCCCCCCCCCCCSCCC(=O)OCC(C)(C)C(OC(=O)CCSCCCCCCCCCCCC)(OC(=O)CCSCCCCCCCCCCCC)OC(=O)CCSCCCCCCCCCCCC. The first-order valence-corrected chi connectivity index (χ1v) is 37.3. The van der Waals surface area contributed by atoms with Crippen LogP contribution in [0.15, 0.2) is 0 Å². The van der Waals surface area contributed by atoms with Crippen molar-refractivity contribution in [1.82, 2.24) is 0 Å². The minimum Gasteiger partial charge on any atom is -0.465 e. The van der Waals surface area contributed by atoms with Gasteiger partial charge in [-0.1, -0.05) is 259 Å². The van der Waals surface area contributed by atoms with Crippen LogP contribution in [0.25, 0.3) is 0 Å². The molecule has 0 aromatic carbocycles. The zero-order chi connectivity index (χ0) is 56.4. The number of unbranched alkanes of at least 4 members (excludes halogenated alkanes) is 36. The summed E-state index contributed by atoms with van der Waals surface area (Å²) in [6.07, 6.45) is 51.6. The second-order valence-corrected chi connectivity index (χ2v) is 27.6. The second-order valence-electron chi connectivity index (χ2n) is 22.7. The summed E-state index contributed by atoms with van der Waals surface area (Å²) in [7, 11) is 0. The highest BCUT2D eigenvalue weighted by molar-refractivity contribution is 7.99. The predicted molar refractivity (Wildman–Crippen MR) is 341 cm³/mol. The number of ether oxygens (including phenoxy) is 4. The number of thioether (sulfide) groups is 4. The molecule has 0 aliphatic heterocycles. The van der Waals surface area contributed by atoms with Gasteiger partial charge in [0.15, 0.2) is 0 Å². The molecule has 12 heteroatoms. The van der Waals surface area contributed by atoms with E-state index in [2.05, 4.69) is 27.7 Å². The van der Waals surface area contributed by atoms with Gasteiger partial charge in [-0.3, -0.25) is 19.2 Å². The predicted octanol–water partition coefficient (Wildman–Crippen LogP) is 21.0. The van der Waals surface area contributed by atoms with E-state index in [1.807, 2.05) is 0 Å². The smallest absolute Gasteiger partial charge is 0.432 e. The van der Waals surface area contributed by atoms with Crippen LogP contribution in [-0.2, 0) is 38.1 Å². The Balaban J connectivity index is 5.70. The number of hydrogen-bond acceptors (Lipinski definition) is 12.